The van der Waals surface area contributed by atoms with Crippen molar-refractivity contribution in [3.8, 4) is 0 Å². The fourth-order valence-electron chi connectivity index (χ4n) is 2.57. The van der Waals surface area contributed by atoms with Crippen LogP contribution in [0.4, 0.5) is 11.4 Å². The van der Waals surface area contributed by atoms with E-state index in [9.17, 15) is 4.79 Å². The van der Waals surface area contributed by atoms with E-state index in [1.165, 1.54) is 5.56 Å². The van der Waals surface area contributed by atoms with Crippen LogP contribution in [-0.4, -0.2) is 12.5 Å². The zero-order chi connectivity index (χ0) is 15.1. The van der Waals surface area contributed by atoms with Gasteiger partial charge in [-0.05, 0) is 71.3 Å². The van der Waals surface area contributed by atoms with E-state index in [0.717, 1.165) is 21.2 Å². The number of carbonyl (C=O) groups is 1. The second-order valence-corrected chi connectivity index (χ2v) is 6.74. The topological polar surface area (TPSA) is 46.3 Å². The highest BCUT2D eigenvalue weighted by Crippen LogP contribution is 2.33. The molecule has 0 radical (unpaired) electrons. The summed E-state index contributed by atoms with van der Waals surface area (Å²) >= 11 is 8.26. The number of hydrogen-bond donors (Lipinski definition) is 1. The van der Waals surface area contributed by atoms with Crippen molar-refractivity contribution in [3.05, 3.63) is 55.6 Å². The number of rotatable bonds is 1. The first-order chi connectivity index (χ1) is 9.97. The van der Waals surface area contributed by atoms with Gasteiger partial charge in [0, 0.05) is 27.1 Å². The first kappa shape index (κ1) is 14.7. The van der Waals surface area contributed by atoms with E-state index >= 15 is 0 Å². The highest BCUT2D eigenvalue weighted by atomic mass is 127. The molecule has 3 rings (SSSR count). The zero-order valence-corrected chi connectivity index (χ0v) is 14.4. The summed E-state index contributed by atoms with van der Waals surface area (Å²) in [5, 5.41) is 0.601. The minimum atomic E-state index is -0.0321. The van der Waals surface area contributed by atoms with Crippen molar-refractivity contribution >= 4 is 51.5 Å². The third-order valence-electron chi connectivity index (χ3n) is 3.77. The van der Waals surface area contributed by atoms with Gasteiger partial charge in [0.15, 0.2) is 0 Å². The Morgan fingerprint density at radius 2 is 2.10 bits per heavy atom. The summed E-state index contributed by atoms with van der Waals surface area (Å²) in [6, 6.07) is 9.35. The predicted molar refractivity (Wildman–Crippen MR) is 95.1 cm³/mol. The molecule has 2 aromatic rings. The van der Waals surface area contributed by atoms with Crippen molar-refractivity contribution in [1.29, 1.82) is 0 Å². The van der Waals surface area contributed by atoms with Crippen molar-refractivity contribution in [1.82, 2.24) is 0 Å². The summed E-state index contributed by atoms with van der Waals surface area (Å²) in [5.74, 6) is -0.0321. The monoisotopic (exact) mass is 412 g/mol. The first-order valence-corrected chi connectivity index (χ1v) is 8.09. The van der Waals surface area contributed by atoms with Crippen LogP contribution >= 0.6 is 34.2 Å². The fraction of sp³-hybridized carbons (Fsp3) is 0.188. The minimum Gasteiger partial charge on any atom is -0.398 e. The molecule has 0 bridgehead atoms. The van der Waals surface area contributed by atoms with Gasteiger partial charge in [0.1, 0.15) is 0 Å². The second kappa shape index (κ2) is 5.50. The lowest BCUT2D eigenvalue weighted by Crippen LogP contribution is -2.28. The number of aryl methyl sites for hydroxylation is 1. The summed E-state index contributed by atoms with van der Waals surface area (Å²) in [6.07, 6.45) is 0.861. The fourth-order valence-corrected chi connectivity index (χ4v) is 3.09. The van der Waals surface area contributed by atoms with Crippen LogP contribution in [0.3, 0.4) is 0 Å². The Labute approximate surface area is 142 Å². The van der Waals surface area contributed by atoms with Crippen molar-refractivity contribution < 1.29 is 4.79 Å². The van der Waals surface area contributed by atoms with Crippen LogP contribution in [0.15, 0.2) is 30.3 Å². The van der Waals surface area contributed by atoms with Crippen LogP contribution in [-0.2, 0) is 6.42 Å². The third-order valence-corrected chi connectivity index (χ3v) is 5.35. The number of hydrogen-bond acceptors (Lipinski definition) is 2. The molecule has 0 spiro atoms. The normalized spacial score (nSPS) is 13.4. The number of nitrogens with two attached hydrogens (primary N) is 1. The van der Waals surface area contributed by atoms with Gasteiger partial charge in [-0.2, -0.15) is 0 Å². The summed E-state index contributed by atoms with van der Waals surface area (Å²) in [5.41, 5.74) is 10.4. The molecule has 0 saturated carbocycles. The molecule has 0 aliphatic carbocycles. The number of carbonyl (C=O) groups excluding carboxylic acids is 1. The number of benzene rings is 2. The van der Waals surface area contributed by atoms with Gasteiger partial charge in [-0.25, -0.2) is 0 Å². The standard InChI is InChI=1S/C16H14ClIN2O/c1-9-6-10-4-5-20(15(10)8-14(9)19)16(21)11-2-3-13(18)12(17)7-11/h2-3,6-8H,4-5,19H2,1H3. The highest BCUT2D eigenvalue weighted by molar-refractivity contribution is 14.1. The minimum absolute atomic E-state index is 0.0321. The number of fused-ring (bicyclic) bond motifs is 1. The van der Waals surface area contributed by atoms with Crippen molar-refractivity contribution in [2.45, 2.75) is 13.3 Å². The van der Waals surface area contributed by atoms with Crippen molar-refractivity contribution in [2.24, 2.45) is 0 Å². The molecule has 3 nitrogen and oxygen atoms in total. The summed E-state index contributed by atoms with van der Waals surface area (Å²) < 4.78 is 0.938. The largest absolute Gasteiger partial charge is 0.398 e. The van der Waals surface area contributed by atoms with E-state index in [1.54, 1.807) is 11.0 Å². The van der Waals surface area contributed by atoms with E-state index in [4.69, 9.17) is 17.3 Å². The molecule has 0 aromatic heterocycles. The number of halogens is 2. The molecule has 0 unspecified atom stereocenters. The van der Waals surface area contributed by atoms with Gasteiger partial charge >= 0.3 is 0 Å². The Kier molecular flexibility index (Phi) is 3.84. The molecule has 1 aliphatic rings. The molecule has 1 aliphatic heterocycles. The van der Waals surface area contributed by atoms with Gasteiger partial charge in [0.2, 0.25) is 0 Å². The zero-order valence-electron chi connectivity index (χ0n) is 11.5. The van der Waals surface area contributed by atoms with E-state index in [-0.39, 0.29) is 5.91 Å². The Bertz CT molecular complexity index is 745. The quantitative estimate of drug-likeness (QED) is 0.568. The van der Waals surface area contributed by atoms with Crippen LogP contribution in [0, 0.1) is 10.5 Å². The number of nitrogen functional groups attached to an aromatic ring is 1. The molecule has 1 heterocycles. The van der Waals surface area contributed by atoms with Gasteiger partial charge in [-0.1, -0.05) is 17.7 Å². The molecule has 5 heteroatoms. The van der Waals surface area contributed by atoms with Crippen LogP contribution in [0.25, 0.3) is 0 Å². The smallest absolute Gasteiger partial charge is 0.258 e. The van der Waals surface area contributed by atoms with Crippen LogP contribution < -0.4 is 10.6 Å². The average Bonchev–Trinajstić information content (AvgIpc) is 2.84. The molecule has 2 aromatic carbocycles. The molecule has 0 atom stereocenters. The lowest BCUT2D eigenvalue weighted by molar-refractivity contribution is 0.0989. The van der Waals surface area contributed by atoms with Crippen molar-refractivity contribution in [3.63, 3.8) is 0 Å². The van der Waals surface area contributed by atoms with Crippen LogP contribution in [0.2, 0.25) is 5.02 Å². The summed E-state index contributed by atoms with van der Waals surface area (Å²) in [7, 11) is 0. The number of nitrogens with zero attached hydrogens (tertiary/aromatic N) is 1. The lowest BCUT2D eigenvalue weighted by Gasteiger charge is -2.18. The summed E-state index contributed by atoms with van der Waals surface area (Å²) in [4.78, 5) is 14.5. The van der Waals surface area contributed by atoms with E-state index < -0.39 is 0 Å². The van der Waals surface area contributed by atoms with Crippen LogP contribution in [0.1, 0.15) is 21.5 Å². The first-order valence-electron chi connectivity index (χ1n) is 6.63. The van der Waals surface area contributed by atoms with Gasteiger partial charge in [0.25, 0.3) is 5.91 Å². The molecule has 0 fully saturated rings. The van der Waals surface area contributed by atoms with Crippen LogP contribution in [0.5, 0.6) is 0 Å². The van der Waals surface area contributed by atoms with Gasteiger partial charge < -0.3 is 10.6 Å². The second-order valence-electron chi connectivity index (χ2n) is 5.17. The Balaban J connectivity index is 1.98. The van der Waals surface area contributed by atoms with Gasteiger partial charge in [0.05, 0.1) is 5.02 Å². The van der Waals surface area contributed by atoms with E-state index in [2.05, 4.69) is 28.7 Å². The molecular formula is C16H14ClIN2O. The number of amides is 1. The Morgan fingerprint density at radius 1 is 1.33 bits per heavy atom. The molecule has 0 saturated heterocycles. The third kappa shape index (κ3) is 2.62. The Morgan fingerprint density at radius 3 is 2.81 bits per heavy atom. The maximum atomic E-state index is 12.7. The lowest BCUT2D eigenvalue weighted by atomic mass is 10.1. The maximum Gasteiger partial charge on any atom is 0.258 e. The molecular weight excluding hydrogens is 399 g/mol. The molecule has 108 valence electrons. The predicted octanol–water partition coefficient (Wildman–Crippen LogP) is 4.04. The van der Waals surface area contributed by atoms with Crippen molar-refractivity contribution in [2.75, 3.05) is 17.2 Å². The maximum absolute atomic E-state index is 12.7. The van der Waals surface area contributed by atoms with Gasteiger partial charge in [-0.15, -0.1) is 0 Å². The summed E-state index contributed by atoms with van der Waals surface area (Å²) in [6.45, 7) is 2.67. The van der Waals surface area contributed by atoms with E-state index in [0.29, 0.717) is 22.8 Å². The molecule has 1 amide bonds. The van der Waals surface area contributed by atoms with Gasteiger partial charge in [-0.3, -0.25) is 4.79 Å². The molecule has 2 N–H and O–H groups in total. The van der Waals surface area contributed by atoms with E-state index in [1.807, 2.05) is 25.1 Å². The number of anilines is 2. The SMILES string of the molecule is Cc1cc2c(cc1N)N(C(=O)c1ccc(I)c(Cl)c1)CC2. The highest BCUT2D eigenvalue weighted by Gasteiger charge is 2.26. The molecule has 21 heavy (non-hydrogen) atoms. The average molecular weight is 413 g/mol. The Hall–Kier alpha value is -1.27.